The molecule has 5 heteroatoms. The van der Waals surface area contributed by atoms with Crippen LogP contribution in [0.15, 0.2) is 30.3 Å². The molecule has 2 saturated heterocycles. The molecule has 1 aromatic heterocycles. The van der Waals surface area contributed by atoms with Crippen molar-refractivity contribution in [3.8, 4) is 0 Å². The maximum Gasteiger partial charge on any atom is 0.133 e. The van der Waals surface area contributed by atoms with E-state index in [1.807, 2.05) is 0 Å². The van der Waals surface area contributed by atoms with Crippen molar-refractivity contribution < 1.29 is 9.47 Å². The number of rotatable bonds is 3. The van der Waals surface area contributed by atoms with Gasteiger partial charge in [-0.3, -0.25) is 4.90 Å². The largest absolute Gasteiger partial charge is 0.378 e. The van der Waals surface area contributed by atoms with Crippen molar-refractivity contribution >= 4 is 16.7 Å². The summed E-state index contributed by atoms with van der Waals surface area (Å²) in [7, 11) is 0. The molecule has 0 amide bonds. The molecule has 144 valence electrons. The second kappa shape index (κ2) is 7.38. The van der Waals surface area contributed by atoms with Crippen molar-refractivity contribution in [1.29, 1.82) is 0 Å². The highest BCUT2D eigenvalue weighted by molar-refractivity contribution is 5.81. The minimum Gasteiger partial charge on any atom is -0.378 e. The summed E-state index contributed by atoms with van der Waals surface area (Å²) in [6, 6.07) is 10.8. The predicted octanol–water partition coefficient (Wildman–Crippen LogP) is 3.22. The van der Waals surface area contributed by atoms with Crippen LogP contribution >= 0.6 is 0 Å². The van der Waals surface area contributed by atoms with Crippen molar-refractivity contribution in [3.05, 3.63) is 35.9 Å². The average Bonchev–Trinajstić information content (AvgIpc) is 3.15. The van der Waals surface area contributed by atoms with Crippen LogP contribution in [0, 0.1) is 0 Å². The molecule has 5 rings (SSSR count). The van der Waals surface area contributed by atoms with Crippen LogP contribution in [0.3, 0.4) is 0 Å². The van der Waals surface area contributed by atoms with Gasteiger partial charge in [-0.05, 0) is 25.0 Å². The monoisotopic (exact) mass is 367 g/mol. The van der Waals surface area contributed by atoms with E-state index in [0.717, 1.165) is 63.9 Å². The smallest absolute Gasteiger partial charge is 0.133 e. The molecule has 3 fully saturated rings. The van der Waals surface area contributed by atoms with Gasteiger partial charge >= 0.3 is 0 Å². The van der Waals surface area contributed by atoms with E-state index in [1.54, 1.807) is 0 Å². The Kier molecular flexibility index (Phi) is 4.76. The van der Waals surface area contributed by atoms with Gasteiger partial charge in [0, 0.05) is 43.7 Å². The van der Waals surface area contributed by atoms with Crippen LogP contribution in [0.25, 0.3) is 10.9 Å². The minimum absolute atomic E-state index is 0.113. The summed E-state index contributed by atoms with van der Waals surface area (Å²) >= 11 is 0. The molecular weight excluding hydrogens is 338 g/mol. The minimum atomic E-state index is 0.113. The Bertz CT molecular complexity index is 797. The number of anilines is 1. The van der Waals surface area contributed by atoms with Crippen LogP contribution in [0.1, 0.15) is 31.2 Å². The Morgan fingerprint density at radius 3 is 2.67 bits per heavy atom. The van der Waals surface area contributed by atoms with Crippen molar-refractivity contribution in [2.45, 2.75) is 37.8 Å². The lowest BCUT2D eigenvalue weighted by molar-refractivity contribution is -0.106. The highest BCUT2D eigenvalue weighted by Crippen LogP contribution is 2.36. The van der Waals surface area contributed by atoms with Gasteiger partial charge in [0.25, 0.3) is 0 Å². The van der Waals surface area contributed by atoms with Crippen LogP contribution < -0.4 is 4.90 Å². The fourth-order valence-electron chi connectivity index (χ4n) is 4.94. The van der Waals surface area contributed by atoms with Gasteiger partial charge in [0.05, 0.1) is 30.9 Å². The van der Waals surface area contributed by atoms with E-state index >= 15 is 0 Å². The summed E-state index contributed by atoms with van der Waals surface area (Å²) in [5.74, 6) is 1.14. The van der Waals surface area contributed by atoms with Gasteiger partial charge < -0.3 is 14.4 Å². The molecule has 1 saturated carbocycles. The molecule has 0 unspecified atom stereocenters. The number of morpholine rings is 2. The lowest BCUT2D eigenvalue weighted by Gasteiger charge is -2.41. The lowest BCUT2D eigenvalue weighted by Crippen LogP contribution is -2.50. The lowest BCUT2D eigenvalue weighted by atomic mass is 9.99. The van der Waals surface area contributed by atoms with Gasteiger partial charge in [-0.2, -0.15) is 0 Å². The highest BCUT2D eigenvalue weighted by atomic mass is 16.5. The summed E-state index contributed by atoms with van der Waals surface area (Å²) in [6.07, 6.45) is 5.06. The van der Waals surface area contributed by atoms with Crippen LogP contribution in [0.4, 0.5) is 5.82 Å². The zero-order chi connectivity index (χ0) is 18.1. The molecule has 0 atom stereocenters. The molecule has 0 N–H and O–H groups in total. The number of hydrogen-bond acceptors (Lipinski definition) is 5. The molecule has 2 aliphatic heterocycles. The first-order chi connectivity index (χ1) is 13.3. The summed E-state index contributed by atoms with van der Waals surface area (Å²) in [5.41, 5.74) is 2.53. The normalized spacial score (nSPS) is 23.3. The van der Waals surface area contributed by atoms with Gasteiger partial charge in [-0.25, -0.2) is 4.98 Å². The van der Waals surface area contributed by atoms with E-state index in [2.05, 4.69) is 40.1 Å². The number of nitrogens with zero attached hydrogens (tertiary/aromatic N) is 3. The first-order valence-corrected chi connectivity index (χ1v) is 10.4. The number of para-hydroxylation sites is 1. The van der Waals surface area contributed by atoms with Crippen molar-refractivity contribution in [2.24, 2.45) is 0 Å². The number of pyridine rings is 1. The first-order valence-electron chi connectivity index (χ1n) is 10.4. The van der Waals surface area contributed by atoms with E-state index in [1.165, 1.54) is 36.6 Å². The standard InChI is InChI=1S/C22H29N3O2/c1-2-6-20-18(5-1)15-19(21(23-20)25-10-12-26-13-11-25)16-24-9-14-27-22(17-24)7-3-4-8-22/h1-2,5-6,15H,3-4,7-14,16-17H2. The Morgan fingerprint density at radius 2 is 1.81 bits per heavy atom. The van der Waals surface area contributed by atoms with Gasteiger partial charge in [0.2, 0.25) is 0 Å². The van der Waals surface area contributed by atoms with Gasteiger partial charge in [0.15, 0.2) is 0 Å². The number of fused-ring (bicyclic) bond motifs is 1. The van der Waals surface area contributed by atoms with Gasteiger partial charge in [-0.15, -0.1) is 0 Å². The molecule has 27 heavy (non-hydrogen) atoms. The highest BCUT2D eigenvalue weighted by Gasteiger charge is 2.39. The zero-order valence-electron chi connectivity index (χ0n) is 16.0. The molecule has 0 bridgehead atoms. The van der Waals surface area contributed by atoms with E-state index in [4.69, 9.17) is 14.5 Å². The number of aromatic nitrogens is 1. The predicted molar refractivity (Wildman–Crippen MR) is 107 cm³/mol. The number of ether oxygens (including phenoxy) is 2. The third-order valence-electron chi connectivity index (χ3n) is 6.33. The Balaban J connectivity index is 1.45. The zero-order valence-corrected chi connectivity index (χ0v) is 16.0. The fourth-order valence-corrected chi connectivity index (χ4v) is 4.94. The van der Waals surface area contributed by atoms with E-state index < -0.39 is 0 Å². The molecular formula is C22H29N3O2. The Hall–Kier alpha value is -1.69. The molecule has 3 aliphatic rings. The second-order valence-electron chi connectivity index (χ2n) is 8.21. The quantitative estimate of drug-likeness (QED) is 0.833. The van der Waals surface area contributed by atoms with Crippen LogP contribution in [0.2, 0.25) is 0 Å². The van der Waals surface area contributed by atoms with E-state index in [-0.39, 0.29) is 5.60 Å². The molecule has 3 heterocycles. The van der Waals surface area contributed by atoms with Gasteiger partial charge in [0.1, 0.15) is 5.82 Å². The Labute approximate surface area is 161 Å². The van der Waals surface area contributed by atoms with Crippen LogP contribution in [-0.2, 0) is 16.0 Å². The summed E-state index contributed by atoms with van der Waals surface area (Å²) in [6.45, 7) is 7.29. The molecule has 1 spiro atoms. The van der Waals surface area contributed by atoms with Crippen molar-refractivity contribution in [3.63, 3.8) is 0 Å². The second-order valence-corrected chi connectivity index (χ2v) is 8.21. The average molecular weight is 367 g/mol. The SMILES string of the molecule is c1ccc2nc(N3CCOCC3)c(CN3CCOC4(CCCC4)C3)cc2c1. The maximum atomic E-state index is 6.23. The summed E-state index contributed by atoms with van der Waals surface area (Å²) in [4.78, 5) is 10.1. The fraction of sp³-hybridized carbons (Fsp3) is 0.591. The number of benzene rings is 1. The van der Waals surface area contributed by atoms with E-state index in [9.17, 15) is 0 Å². The summed E-state index contributed by atoms with van der Waals surface area (Å²) in [5, 5.41) is 1.23. The third kappa shape index (κ3) is 3.56. The van der Waals surface area contributed by atoms with Crippen LogP contribution in [0.5, 0.6) is 0 Å². The first kappa shape index (κ1) is 17.4. The van der Waals surface area contributed by atoms with E-state index in [0.29, 0.717) is 0 Å². The number of hydrogen-bond donors (Lipinski definition) is 0. The topological polar surface area (TPSA) is 37.8 Å². The Morgan fingerprint density at radius 1 is 1.00 bits per heavy atom. The molecule has 2 aromatic rings. The molecule has 1 aliphatic carbocycles. The summed E-state index contributed by atoms with van der Waals surface area (Å²) < 4.78 is 11.8. The third-order valence-corrected chi connectivity index (χ3v) is 6.33. The van der Waals surface area contributed by atoms with Crippen molar-refractivity contribution in [1.82, 2.24) is 9.88 Å². The molecule has 0 radical (unpaired) electrons. The molecule has 1 aromatic carbocycles. The van der Waals surface area contributed by atoms with Gasteiger partial charge in [-0.1, -0.05) is 31.0 Å². The maximum absolute atomic E-state index is 6.23. The van der Waals surface area contributed by atoms with Crippen LogP contribution in [-0.4, -0.2) is 61.5 Å². The van der Waals surface area contributed by atoms with Crippen molar-refractivity contribution in [2.75, 3.05) is 50.9 Å². The molecule has 5 nitrogen and oxygen atoms in total.